The molecule has 92 valence electrons. The normalized spacial score (nSPS) is 22.8. The van der Waals surface area contributed by atoms with Gasteiger partial charge in [0, 0.05) is 29.9 Å². The topological polar surface area (TPSA) is 25.2 Å². The van der Waals surface area contributed by atoms with Crippen LogP contribution in [0, 0.1) is 0 Å². The summed E-state index contributed by atoms with van der Waals surface area (Å²) in [6.45, 7) is 2.34. The highest BCUT2D eigenvalue weighted by atomic mass is 16.1. The predicted octanol–water partition coefficient (Wildman–Crippen LogP) is 2.27. The van der Waals surface area contributed by atoms with Crippen LogP contribution in [-0.2, 0) is 6.42 Å². The molecule has 0 unspecified atom stereocenters. The summed E-state index contributed by atoms with van der Waals surface area (Å²) in [6, 6.07) is 2.65. The van der Waals surface area contributed by atoms with E-state index in [0.717, 1.165) is 24.8 Å². The predicted molar refractivity (Wildman–Crippen MR) is 67.5 cm³/mol. The van der Waals surface area contributed by atoms with Crippen LogP contribution < -0.4 is 0 Å². The van der Waals surface area contributed by atoms with Crippen molar-refractivity contribution in [1.29, 1.82) is 0 Å². The minimum atomic E-state index is 0.345. The van der Waals surface area contributed by atoms with Gasteiger partial charge in [-0.05, 0) is 51.9 Å². The maximum absolute atomic E-state index is 11.8. The molecule has 17 heavy (non-hydrogen) atoms. The van der Waals surface area contributed by atoms with E-state index in [0.29, 0.717) is 11.8 Å². The molecule has 2 aliphatic rings. The van der Waals surface area contributed by atoms with Crippen LogP contribution in [0.15, 0.2) is 12.3 Å². The number of aromatic nitrogens is 1. The van der Waals surface area contributed by atoms with E-state index in [1.165, 1.54) is 31.6 Å². The molecule has 1 aliphatic heterocycles. The van der Waals surface area contributed by atoms with Crippen molar-refractivity contribution in [2.24, 2.45) is 0 Å². The molecule has 0 atom stereocenters. The van der Waals surface area contributed by atoms with E-state index in [2.05, 4.69) is 22.7 Å². The molecular formula is C14H20N2O. The Labute approximate surface area is 102 Å². The number of carbonyl (C=O) groups excluding carboxylic acids is 1. The van der Waals surface area contributed by atoms with Gasteiger partial charge in [-0.2, -0.15) is 0 Å². The molecule has 0 amide bonds. The Kier molecular flexibility index (Phi) is 2.79. The third-order valence-corrected chi connectivity index (χ3v) is 4.22. The summed E-state index contributed by atoms with van der Waals surface area (Å²) in [5.41, 5.74) is 2.30. The molecule has 0 aromatic carbocycles. The third-order valence-electron chi connectivity index (χ3n) is 4.22. The lowest BCUT2D eigenvalue weighted by Crippen LogP contribution is -2.32. The molecule has 1 aromatic heterocycles. The number of carbonyl (C=O) groups is 1. The van der Waals surface area contributed by atoms with Crippen molar-refractivity contribution in [1.82, 2.24) is 9.47 Å². The van der Waals surface area contributed by atoms with Crippen molar-refractivity contribution < 1.29 is 4.79 Å². The number of hydrogen-bond acceptors (Lipinski definition) is 2. The van der Waals surface area contributed by atoms with Crippen LogP contribution in [0.1, 0.15) is 47.8 Å². The molecule has 1 fully saturated rings. The van der Waals surface area contributed by atoms with Crippen LogP contribution in [-0.4, -0.2) is 35.4 Å². The Morgan fingerprint density at radius 2 is 2.00 bits per heavy atom. The minimum Gasteiger partial charge on any atom is -0.348 e. The van der Waals surface area contributed by atoms with E-state index < -0.39 is 0 Å². The van der Waals surface area contributed by atoms with Crippen molar-refractivity contribution in [2.45, 2.75) is 38.1 Å². The molecule has 3 rings (SSSR count). The fraction of sp³-hybridized carbons (Fsp3) is 0.643. The Morgan fingerprint density at radius 3 is 2.76 bits per heavy atom. The lowest BCUT2D eigenvalue weighted by molar-refractivity contribution is 0.0971. The van der Waals surface area contributed by atoms with Crippen LogP contribution in [0.2, 0.25) is 0 Å². The number of fused-ring (bicyclic) bond motifs is 1. The Bertz CT molecular complexity index is 427. The van der Waals surface area contributed by atoms with Crippen molar-refractivity contribution in [3.63, 3.8) is 0 Å². The monoisotopic (exact) mass is 232 g/mol. The SMILES string of the molecule is CN1CCC(n2ccc3c2CCCC3=O)CC1. The standard InChI is InChI=1S/C14H20N2O/c1-15-8-5-11(6-9-15)16-10-7-12-13(16)3-2-4-14(12)17/h7,10-11H,2-6,8-9H2,1H3. The number of rotatable bonds is 1. The molecule has 1 aromatic rings. The Balaban J connectivity index is 1.86. The number of hydrogen-bond donors (Lipinski definition) is 0. The van der Waals surface area contributed by atoms with E-state index in [1.807, 2.05) is 6.07 Å². The van der Waals surface area contributed by atoms with Crippen LogP contribution in [0.5, 0.6) is 0 Å². The van der Waals surface area contributed by atoms with Crippen molar-refractivity contribution in [3.8, 4) is 0 Å². The van der Waals surface area contributed by atoms with Crippen molar-refractivity contribution in [2.75, 3.05) is 20.1 Å². The smallest absolute Gasteiger partial charge is 0.164 e. The second-order valence-electron chi connectivity index (χ2n) is 5.39. The second kappa shape index (κ2) is 4.30. The van der Waals surface area contributed by atoms with E-state index in [1.54, 1.807) is 0 Å². The van der Waals surface area contributed by atoms with Gasteiger partial charge in [-0.3, -0.25) is 4.79 Å². The van der Waals surface area contributed by atoms with Crippen LogP contribution in [0.3, 0.4) is 0 Å². The zero-order valence-corrected chi connectivity index (χ0v) is 10.5. The quantitative estimate of drug-likeness (QED) is 0.742. The average Bonchev–Trinajstić information content (AvgIpc) is 2.75. The van der Waals surface area contributed by atoms with Gasteiger partial charge < -0.3 is 9.47 Å². The second-order valence-corrected chi connectivity index (χ2v) is 5.39. The molecule has 1 saturated heterocycles. The summed E-state index contributed by atoms with van der Waals surface area (Å²) in [4.78, 5) is 14.2. The van der Waals surface area contributed by atoms with Gasteiger partial charge in [0.05, 0.1) is 0 Å². The molecular weight excluding hydrogens is 212 g/mol. The third kappa shape index (κ3) is 1.93. The van der Waals surface area contributed by atoms with Gasteiger partial charge in [-0.25, -0.2) is 0 Å². The number of ketones is 1. The van der Waals surface area contributed by atoms with Gasteiger partial charge >= 0.3 is 0 Å². The summed E-state index contributed by atoms with van der Waals surface area (Å²) in [5.74, 6) is 0.345. The van der Waals surface area contributed by atoms with Crippen LogP contribution in [0.25, 0.3) is 0 Å². The summed E-state index contributed by atoms with van der Waals surface area (Å²) < 4.78 is 2.39. The lowest BCUT2D eigenvalue weighted by atomic mass is 9.96. The van der Waals surface area contributed by atoms with Crippen LogP contribution >= 0.6 is 0 Å². The summed E-state index contributed by atoms with van der Waals surface area (Å²) in [7, 11) is 2.19. The summed E-state index contributed by atoms with van der Waals surface area (Å²) in [6.07, 6.45) is 7.43. The maximum atomic E-state index is 11.8. The minimum absolute atomic E-state index is 0.345. The summed E-state index contributed by atoms with van der Waals surface area (Å²) >= 11 is 0. The van der Waals surface area contributed by atoms with E-state index in [-0.39, 0.29) is 0 Å². The van der Waals surface area contributed by atoms with Gasteiger partial charge in [-0.1, -0.05) is 0 Å². The molecule has 0 radical (unpaired) electrons. The number of Topliss-reactive ketones (excluding diaryl/α,β-unsaturated/α-hetero) is 1. The van der Waals surface area contributed by atoms with E-state index in [4.69, 9.17) is 0 Å². The molecule has 3 heteroatoms. The highest BCUT2D eigenvalue weighted by molar-refractivity contribution is 5.98. The zero-order valence-electron chi connectivity index (χ0n) is 10.5. The van der Waals surface area contributed by atoms with Gasteiger partial charge in [-0.15, -0.1) is 0 Å². The van der Waals surface area contributed by atoms with Gasteiger partial charge in [0.1, 0.15) is 0 Å². The first-order valence-electron chi connectivity index (χ1n) is 6.67. The first-order valence-corrected chi connectivity index (χ1v) is 6.67. The van der Waals surface area contributed by atoms with Gasteiger partial charge in [0.25, 0.3) is 0 Å². The highest BCUT2D eigenvalue weighted by Crippen LogP contribution is 2.29. The summed E-state index contributed by atoms with van der Waals surface area (Å²) in [5, 5.41) is 0. The molecule has 0 saturated carbocycles. The fourth-order valence-corrected chi connectivity index (χ4v) is 3.16. The number of likely N-dealkylation sites (tertiary alicyclic amines) is 1. The van der Waals surface area contributed by atoms with Gasteiger partial charge in [0.15, 0.2) is 5.78 Å². The molecule has 1 aliphatic carbocycles. The lowest BCUT2D eigenvalue weighted by Gasteiger charge is -2.31. The first kappa shape index (κ1) is 11.0. The highest BCUT2D eigenvalue weighted by Gasteiger charge is 2.25. The molecule has 0 N–H and O–H groups in total. The Morgan fingerprint density at radius 1 is 1.24 bits per heavy atom. The number of nitrogens with zero attached hydrogens (tertiary/aromatic N) is 2. The van der Waals surface area contributed by atoms with Crippen molar-refractivity contribution in [3.05, 3.63) is 23.5 Å². The number of piperidine rings is 1. The molecule has 3 nitrogen and oxygen atoms in total. The van der Waals surface area contributed by atoms with Crippen LogP contribution in [0.4, 0.5) is 0 Å². The maximum Gasteiger partial charge on any atom is 0.164 e. The zero-order chi connectivity index (χ0) is 11.8. The van der Waals surface area contributed by atoms with E-state index >= 15 is 0 Å². The molecule has 0 bridgehead atoms. The molecule has 2 heterocycles. The Hall–Kier alpha value is -1.09. The van der Waals surface area contributed by atoms with Crippen molar-refractivity contribution >= 4 is 5.78 Å². The first-order chi connectivity index (χ1) is 8.25. The van der Waals surface area contributed by atoms with Gasteiger partial charge in [0.2, 0.25) is 0 Å². The largest absolute Gasteiger partial charge is 0.348 e. The van der Waals surface area contributed by atoms with E-state index in [9.17, 15) is 4.79 Å². The average molecular weight is 232 g/mol. The molecule has 0 spiro atoms. The fourth-order valence-electron chi connectivity index (χ4n) is 3.16.